The summed E-state index contributed by atoms with van der Waals surface area (Å²) in [6.07, 6.45) is 16.1. The molecule has 1 amide bonds. The van der Waals surface area contributed by atoms with Crippen molar-refractivity contribution in [2.45, 2.75) is 103 Å². The molecule has 0 saturated heterocycles. The summed E-state index contributed by atoms with van der Waals surface area (Å²) < 4.78 is 0. The zero-order valence-electron chi connectivity index (χ0n) is 16.6. The second-order valence-electron chi connectivity index (χ2n) is 7.33. The van der Waals surface area contributed by atoms with Crippen LogP contribution in [0.1, 0.15) is 96.5 Å². The first-order valence-corrected chi connectivity index (χ1v) is 10.6. The summed E-state index contributed by atoms with van der Waals surface area (Å²) >= 11 is 0. The van der Waals surface area contributed by atoms with Gasteiger partial charge in [0.05, 0.1) is 6.42 Å². The third kappa shape index (κ3) is 11.8. The molecule has 0 aliphatic carbocycles. The van der Waals surface area contributed by atoms with Crippen LogP contribution in [-0.2, 0) is 11.2 Å². The van der Waals surface area contributed by atoms with Gasteiger partial charge in [-0.25, -0.2) is 0 Å². The SMILES string of the molecule is CCCCCCCCCCCC(CCC)NC(=O)Cc1ccccc1. The second kappa shape index (κ2) is 15.0. The number of unbranched alkanes of at least 4 members (excludes halogenated alkanes) is 8. The van der Waals surface area contributed by atoms with E-state index in [1.165, 1.54) is 57.8 Å². The van der Waals surface area contributed by atoms with E-state index in [1.807, 2.05) is 30.3 Å². The number of benzene rings is 1. The zero-order valence-corrected chi connectivity index (χ0v) is 16.6. The minimum atomic E-state index is 0.167. The van der Waals surface area contributed by atoms with Crippen LogP contribution < -0.4 is 5.32 Å². The molecule has 1 atom stereocenters. The Labute approximate surface area is 155 Å². The van der Waals surface area contributed by atoms with Gasteiger partial charge >= 0.3 is 0 Å². The van der Waals surface area contributed by atoms with Crippen molar-refractivity contribution in [2.24, 2.45) is 0 Å². The summed E-state index contributed by atoms with van der Waals surface area (Å²) in [5.74, 6) is 0.167. The van der Waals surface area contributed by atoms with Crippen molar-refractivity contribution >= 4 is 5.91 Å². The van der Waals surface area contributed by atoms with E-state index in [1.54, 1.807) is 0 Å². The van der Waals surface area contributed by atoms with Crippen LogP contribution in [0.4, 0.5) is 0 Å². The molecule has 1 unspecified atom stereocenters. The van der Waals surface area contributed by atoms with Gasteiger partial charge in [-0.2, -0.15) is 0 Å². The number of carbonyl (C=O) groups excluding carboxylic acids is 1. The molecule has 1 aromatic carbocycles. The summed E-state index contributed by atoms with van der Waals surface area (Å²) in [5, 5.41) is 3.25. The fraction of sp³-hybridized carbons (Fsp3) is 0.696. The maximum Gasteiger partial charge on any atom is 0.224 e. The highest BCUT2D eigenvalue weighted by Gasteiger charge is 2.11. The van der Waals surface area contributed by atoms with Crippen molar-refractivity contribution in [3.63, 3.8) is 0 Å². The lowest BCUT2D eigenvalue weighted by Crippen LogP contribution is -2.35. The van der Waals surface area contributed by atoms with Gasteiger partial charge in [-0.3, -0.25) is 4.79 Å². The topological polar surface area (TPSA) is 29.1 Å². The van der Waals surface area contributed by atoms with Crippen LogP contribution in [0, 0.1) is 0 Å². The first-order valence-electron chi connectivity index (χ1n) is 10.6. The Balaban J connectivity index is 2.13. The van der Waals surface area contributed by atoms with Crippen molar-refractivity contribution in [2.75, 3.05) is 0 Å². The van der Waals surface area contributed by atoms with Gasteiger partial charge in [0.1, 0.15) is 0 Å². The largest absolute Gasteiger partial charge is 0.353 e. The van der Waals surface area contributed by atoms with Crippen LogP contribution in [0.15, 0.2) is 30.3 Å². The smallest absolute Gasteiger partial charge is 0.224 e. The number of carbonyl (C=O) groups is 1. The van der Waals surface area contributed by atoms with Crippen LogP contribution in [0.5, 0.6) is 0 Å². The Hall–Kier alpha value is -1.31. The van der Waals surface area contributed by atoms with E-state index in [0.717, 1.165) is 24.8 Å². The Morgan fingerprint density at radius 1 is 0.800 bits per heavy atom. The molecule has 1 rings (SSSR count). The highest BCUT2D eigenvalue weighted by molar-refractivity contribution is 5.78. The summed E-state index contributed by atoms with van der Waals surface area (Å²) in [6.45, 7) is 4.47. The molecule has 0 bridgehead atoms. The van der Waals surface area contributed by atoms with Gasteiger partial charge in [0.15, 0.2) is 0 Å². The Kier molecular flexibility index (Phi) is 13.0. The quantitative estimate of drug-likeness (QED) is 0.364. The highest BCUT2D eigenvalue weighted by Crippen LogP contribution is 2.13. The molecular weight excluding hydrogens is 306 g/mol. The lowest BCUT2D eigenvalue weighted by Gasteiger charge is -2.18. The van der Waals surface area contributed by atoms with Gasteiger partial charge in [0.25, 0.3) is 0 Å². The van der Waals surface area contributed by atoms with Crippen LogP contribution in [0.2, 0.25) is 0 Å². The molecule has 1 N–H and O–H groups in total. The highest BCUT2D eigenvalue weighted by atomic mass is 16.1. The predicted octanol–water partition coefficient (Wildman–Crippen LogP) is 6.43. The van der Waals surface area contributed by atoms with Crippen molar-refractivity contribution in [1.29, 1.82) is 0 Å². The average Bonchev–Trinajstić information content (AvgIpc) is 2.61. The number of hydrogen-bond donors (Lipinski definition) is 1. The van der Waals surface area contributed by atoms with Crippen LogP contribution in [0.3, 0.4) is 0 Å². The maximum absolute atomic E-state index is 12.2. The standard InChI is InChI=1S/C23H39NO/c1-3-5-6-7-8-9-10-11-15-19-22(16-4-2)24-23(25)20-21-17-13-12-14-18-21/h12-14,17-18,22H,3-11,15-16,19-20H2,1-2H3,(H,24,25). The molecule has 25 heavy (non-hydrogen) atoms. The van der Waals surface area contributed by atoms with E-state index in [9.17, 15) is 4.79 Å². The summed E-state index contributed by atoms with van der Waals surface area (Å²) in [5.41, 5.74) is 1.10. The second-order valence-corrected chi connectivity index (χ2v) is 7.33. The van der Waals surface area contributed by atoms with E-state index in [4.69, 9.17) is 0 Å². The molecule has 0 aromatic heterocycles. The molecule has 0 heterocycles. The van der Waals surface area contributed by atoms with Gasteiger partial charge < -0.3 is 5.32 Å². The fourth-order valence-corrected chi connectivity index (χ4v) is 3.40. The first-order chi connectivity index (χ1) is 12.3. The molecule has 0 aliphatic heterocycles. The van der Waals surface area contributed by atoms with Crippen molar-refractivity contribution in [3.05, 3.63) is 35.9 Å². The molecule has 0 saturated carbocycles. The van der Waals surface area contributed by atoms with Crippen molar-refractivity contribution in [3.8, 4) is 0 Å². The molecule has 1 aromatic rings. The third-order valence-electron chi connectivity index (χ3n) is 4.87. The summed E-state index contributed by atoms with van der Waals surface area (Å²) in [7, 11) is 0. The summed E-state index contributed by atoms with van der Waals surface area (Å²) in [4.78, 5) is 12.2. The number of rotatable bonds is 15. The molecular formula is C23H39NO. The minimum Gasteiger partial charge on any atom is -0.353 e. The molecule has 0 spiro atoms. The third-order valence-corrected chi connectivity index (χ3v) is 4.87. The molecule has 2 heteroatoms. The van der Waals surface area contributed by atoms with E-state index < -0.39 is 0 Å². The number of amides is 1. The summed E-state index contributed by atoms with van der Waals surface area (Å²) in [6, 6.07) is 10.4. The van der Waals surface area contributed by atoms with Crippen LogP contribution in [-0.4, -0.2) is 11.9 Å². The monoisotopic (exact) mass is 345 g/mol. The van der Waals surface area contributed by atoms with E-state index in [-0.39, 0.29) is 5.91 Å². The maximum atomic E-state index is 12.2. The fourth-order valence-electron chi connectivity index (χ4n) is 3.40. The predicted molar refractivity (Wildman–Crippen MR) is 109 cm³/mol. The molecule has 0 radical (unpaired) electrons. The van der Waals surface area contributed by atoms with Gasteiger partial charge in [0, 0.05) is 6.04 Å². The van der Waals surface area contributed by atoms with E-state index in [0.29, 0.717) is 12.5 Å². The molecule has 0 aliphatic rings. The van der Waals surface area contributed by atoms with Crippen LogP contribution >= 0.6 is 0 Å². The van der Waals surface area contributed by atoms with Gasteiger partial charge in [0.2, 0.25) is 5.91 Å². The zero-order chi connectivity index (χ0) is 18.2. The molecule has 0 fully saturated rings. The van der Waals surface area contributed by atoms with Crippen molar-refractivity contribution in [1.82, 2.24) is 5.32 Å². The number of nitrogens with one attached hydrogen (secondary N) is 1. The Morgan fingerprint density at radius 3 is 2.00 bits per heavy atom. The normalized spacial score (nSPS) is 12.1. The molecule has 142 valence electrons. The Bertz CT molecular complexity index is 429. The van der Waals surface area contributed by atoms with Gasteiger partial charge in [-0.1, -0.05) is 108 Å². The minimum absolute atomic E-state index is 0.167. The lowest BCUT2D eigenvalue weighted by atomic mass is 10.0. The van der Waals surface area contributed by atoms with E-state index in [2.05, 4.69) is 19.2 Å². The average molecular weight is 346 g/mol. The molecule has 2 nitrogen and oxygen atoms in total. The van der Waals surface area contributed by atoms with Crippen molar-refractivity contribution < 1.29 is 4.79 Å². The van der Waals surface area contributed by atoms with Gasteiger partial charge in [-0.05, 0) is 18.4 Å². The first kappa shape index (κ1) is 21.7. The lowest BCUT2D eigenvalue weighted by molar-refractivity contribution is -0.121. The van der Waals surface area contributed by atoms with Crippen LogP contribution in [0.25, 0.3) is 0 Å². The number of hydrogen-bond acceptors (Lipinski definition) is 1. The van der Waals surface area contributed by atoms with Gasteiger partial charge in [-0.15, -0.1) is 0 Å². The van der Waals surface area contributed by atoms with E-state index >= 15 is 0 Å². The Morgan fingerprint density at radius 2 is 1.40 bits per heavy atom.